The van der Waals surface area contributed by atoms with Gasteiger partial charge in [0, 0.05) is 25.4 Å². The summed E-state index contributed by atoms with van der Waals surface area (Å²) >= 11 is 0. The first-order chi connectivity index (χ1) is 14.4. The number of benzene rings is 1. The van der Waals surface area contributed by atoms with Gasteiger partial charge in [-0.3, -0.25) is 14.6 Å². The average Bonchev–Trinajstić information content (AvgIpc) is 3.02. The lowest BCUT2D eigenvalue weighted by Crippen LogP contribution is -2.33. The minimum atomic E-state index is -0.786. The lowest BCUT2D eigenvalue weighted by atomic mass is 9.94. The van der Waals surface area contributed by atoms with Gasteiger partial charge in [-0.15, -0.1) is 0 Å². The molecule has 1 aliphatic rings. The van der Waals surface area contributed by atoms with Crippen LogP contribution in [-0.4, -0.2) is 54.1 Å². The second kappa shape index (κ2) is 9.09. The van der Waals surface area contributed by atoms with Gasteiger partial charge in [-0.25, -0.2) is 0 Å². The van der Waals surface area contributed by atoms with Gasteiger partial charge in [0.2, 0.25) is 0 Å². The van der Waals surface area contributed by atoms with Crippen molar-refractivity contribution in [3.8, 4) is 5.75 Å². The van der Waals surface area contributed by atoms with Crippen LogP contribution in [0.25, 0.3) is 5.76 Å². The molecule has 1 aliphatic heterocycles. The van der Waals surface area contributed by atoms with E-state index in [0.29, 0.717) is 17.0 Å². The molecule has 7 nitrogen and oxygen atoms in total. The molecule has 0 aliphatic carbocycles. The molecule has 0 spiro atoms. The number of carbonyl (C=O) groups excluding carboxylic acids is 2. The van der Waals surface area contributed by atoms with Gasteiger partial charge in [-0.2, -0.15) is 0 Å². The summed E-state index contributed by atoms with van der Waals surface area (Å²) < 4.78 is 10.5. The van der Waals surface area contributed by atoms with Gasteiger partial charge >= 0.3 is 0 Å². The Labute approximate surface area is 175 Å². The summed E-state index contributed by atoms with van der Waals surface area (Å²) in [4.78, 5) is 31.4. The summed E-state index contributed by atoms with van der Waals surface area (Å²) in [5.74, 6) is -0.803. The molecule has 1 aromatic heterocycles. The molecule has 30 heavy (non-hydrogen) atoms. The van der Waals surface area contributed by atoms with Crippen LogP contribution in [0.3, 0.4) is 0 Å². The Morgan fingerprint density at radius 2 is 1.97 bits per heavy atom. The molecular formula is C23H26N2O5. The van der Waals surface area contributed by atoms with Gasteiger partial charge in [-0.05, 0) is 41.8 Å². The number of hydrogen-bond donors (Lipinski definition) is 1. The summed E-state index contributed by atoms with van der Waals surface area (Å²) in [6, 6.07) is 9.70. The molecule has 1 atom stereocenters. The van der Waals surface area contributed by atoms with Gasteiger partial charge in [0.05, 0.1) is 25.0 Å². The minimum absolute atomic E-state index is 0.0228. The van der Waals surface area contributed by atoms with Crippen LogP contribution >= 0.6 is 0 Å². The Balaban J connectivity index is 2.17. The Kier molecular flexibility index (Phi) is 6.52. The van der Waals surface area contributed by atoms with Crippen LogP contribution < -0.4 is 4.74 Å². The van der Waals surface area contributed by atoms with Crippen LogP contribution in [0.1, 0.15) is 42.6 Å². The largest absolute Gasteiger partial charge is 0.507 e. The summed E-state index contributed by atoms with van der Waals surface area (Å²) in [6.07, 6.45) is 1.59. The number of carbonyl (C=O) groups is 2. The maximum Gasteiger partial charge on any atom is 0.295 e. The first-order valence-corrected chi connectivity index (χ1v) is 9.77. The highest BCUT2D eigenvalue weighted by Gasteiger charge is 2.46. The highest BCUT2D eigenvalue weighted by molar-refractivity contribution is 6.46. The van der Waals surface area contributed by atoms with Crippen molar-refractivity contribution in [2.45, 2.75) is 25.8 Å². The third-order valence-electron chi connectivity index (χ3n) is 5.17. The number of likely N-dealkylation sites (tertiary alicyclic amines) is 1. The van der Waals surface area contributed by atoms with E-state index in [1.807, 2.05) is 13.8 Å². The third-order valence-corrected chi connectivity index (χ3v) is 5.17. The van der Waals surface area contributed by atoms with Crippen molar-refractivity contribution >= 4 is 17.4 Å². The van der Waals surface area contributed by atoms with E-state index in [1.54, 1.807) is 49.7 Å². The second-order valence-electron chi connectivity index (χ2n) is 7.35. The van der Waals surface area contributed by atoms with Crippen LogP contribution in [-0.2, 0) is 14.3 Å². The maximum atomic E-state index is 12.9. The number of ketones is 1. The molecule has 1 fully saturated rings. The summed E-state index contributed by atoms with van der Waals surface area (Å²) in [6.45, 7) is 4.49. The Morgan fingerprint density at radius 3 is 2.57 bits per heavy atom. The van der Waals surface area contributed by atoms with Crippen LogP contribution in [0.15, 0.2) is 48.2 Å². The van der Waals surface area contributed by atoms with Crippen LogP contribution in [0, 0.1) is 0 Å². The first kappa shape index (κ1) is 21.5. The van der Waals surface area contributed by atoms with E-state index in [-0.39, 0.29) is 30.4 Å². The number of hydrogen-bond acceptors (Lipinski definition) is 6. The lowest BCUT2D eigenvalue weighted by Gasteiger charge is -2.24. The summed E-state index contributed by atoms with van der Waals surface area (Å²) in [5, 5.41) is 11.1. The van der Waals surface area contributed by atoms with E-state index >= 15 is 0 Å². The van der Waals surface area contributed by atoms with Gasteiger partial charge in [0.25, 0.3) is 11.7 Å². The molecule has 2 aromatic rings. The standard InChI is InChI=1S/C23H26N2O5/c1-14(2)16-13-15(8-9-18(16)30-4)21(26)19-20(17-7-5-6-10-24-17)25(11-12-29-3)23(28)22(19)27/h5-10,13-14,20,26H,11-12H2,1-4H3/b21-19-. The molecular weight excluding hydrogens is 384 g/mol. The fourth-order valence-electron chi connectivity index (χ4n) is 3.63. The number of ether oxygens (including phenoxy) is 2. The fourth-order valence-corrected chi connectivity index (χ4v) is 3.63. The molecule has 1 N–H and O–H groups in total. The molecule has 0 bridgehead atoms. The van der Waals surface area contributed by atoms with Gasteiger partial charge in [-0.1, -0.05) is 19.9 Å². The van der Waals surface area contributed by atoms with Crippen molar-refractivity contribution in [3.05, 3.63) is 65.0 Å². The van der Waals surface area contributed by atoms with Crippen molar-refractivity contribution in [1.29, 1.82) is 0 Å². The zero-order chi connectivity index (χ0) is 21.8. The Hall–Kier alpha value is -3.19. The highest BCUT2D eigenvalue weighted by atomic mass is 16.5. The second-order valence-corrected chi connectivity index (χ2v) is 7.35. The van der Waals surface area contributed by atoms with Crippen molar-refractivity contribution in [3.63, 3.8) is 0 Å². The average molecular weight is 410 g/mol. The fraction of sp³-hybridized carbons (Fsp3) is 0.348. The Bertz CT molecular complexity index is 969. The monoisotopic (exact) mass is 410 g/mol. The number of Topliss-reactive ketones (excluding diaryl/α,β-unsaturated/α-hetero) is 1. The summed E-state index contributed by atoms with van der Waals surface area (Å²) in [5.41, 5.74) is 1.87. The number of methoxy groups -OCH3 is 2. The first-order valence-electron chi connectivity index (χ1n) is 9.77. The number of rotatable bonds is 7. The number of nitrogens with zero attached hydrogens (tertiary/aromatic N) is 2. The minimum Gasteiger partial charge on any atom is -0.507 e. The lowest BCUT2D eigenvalue weighted by molar-refractivity contribution is -0.140. The van der Waals surface area contributed by atoms with E-state index in [0.717, 1.165) is 5.56 Å². The van der Waals surface area contributed by atoms with Crippen molar-refractivity contribution in [2.75, 3.05) is 27.4 Å². The van der Waals surface area contributed by atoms with E-state index in [4.69, 9.17) is 9.47 Å². The smallest absolute Gasteiger partial charge is 0.295 e. The van der Waals surface area contributed by atoms with E-state index in [9.17, 15) is 14.7 Å². The number of aliphatic hydroxyl groups excluding tert-OH is 1. The van der Waals surface area contributed by atoms with Gasteiger partial charge in [0.15, 0.2) is 0 Å². The number of aliphatic hydroxyl groups is 1. The molecule has 7 heteroatoms. The molecule has 1 unspecified atom stereocenters. The van der Waals surface area contributed by atoms with Crippen molar-refractivity contribution in [1.82, 2.24) is 9.88 Å². The molecule has 158 valence electrons. The molecule has 1 amide bonds. The third kappa shape index (κ3) is 3.93. The van der Waals surface area contributed by atoms with Crippen LogP contribution in [0.5, 0.6) is 5.75 Å². The van der Waals surface area contributed by atoms with Gasteiger partial charge < -0.3 is 19.5 Å². The molecule has 3 rings (SSSR count). The number of aromatic nitrogens is 1. The zero-order valence-electron chi connectivity index (χ0n) is 17.6. The molecule has 2 heterocycles. The number of amides is 1. The topological polar surface area (TPSA) is 89.0 Å². The van der Waals surface area contributed by atoms with Crippen LogP contribution in [0.4, 0.5) is 0 Å². The normalized spacial score (nSPS) is 18.3. The van der Waals surface area contributed by atoms with Crippen molar-refractivity contribution < 1.29 is 24.2 Å². The van der Waals surface area contributed by atoms with E-state index < -0.39 is 17.7 Å². The summed E-state index contributed by atoms with van der Waals surface area (Å²) in [7, 11) is 3.11. The predicted octanol–water partition coefficient (Wildman–Crippen LogP) is 3.28. The number of pyridine rings is 1. The highest BCUT2D eigenvalue weighted by Crippen LogP contribution is 2.39. The van der Waals surface area contributed by atoms with Crippen LogP contribution in [0.2, 0.25) is 0 Å². The van der Waals surface area contributed by atoms with E-state index in [2.05, 4.69) is 4.98 Å². The molecule has 0 saturated carbocycles. The maximum absolute atomic E-state index is 12.9. The van der Waals surface area contributed by atoms with Crippen molar-refractivity contribution in [2.24, 2.45) is 0 Å². The SMILES string of the molecule is COCCN1C(=O)C(=O)/C(=C(\O)c2ccc(OC)c(C(C)C)c2)C1c1ccccn1. The molecule has 1 aromatic carbocycles. The molecule has 0 radical (unpaired) electrons. The molecule has 1 saturated heterocycles. The van der Waals surface area contributed by atoms with E-state index in [1.165, 1.54) is 12.0 Å². The Morgan fingerprint density at radius 1 is 1.20 bits per heavy atom. The predicted molar refractivity (Wildman–Crippen MR) is 112 cm³/mol. The quantitative estimate of drug-likeness (QED) is 0.428. The van der Waals surface area contributed by atoms with Gasteiger partial charge in [0.1, 0.15) is 17.6 Å². The zero-order valence-corrected chi connectivity index (χ0v) is 17.6.